The fourth-order valence-electron chi connectivity index (χ4n) is 4.91. The number of alkyl halides is 3. The molecule has 1 saturated heterocycles. The van der Waals surface area contributed by atoms with E-state index in [1.165, 1.54) is 4.90 Å². The molecule has 1 amide bonds. The lowest BCUT2D eigenvalue weighted by molar-refractivity contribution is -0.148. The molecule has 2 aromatic heterocycles. The van der Waals surface area contributed by atoms with Gasteiger partial charge >= 0.3 is 6.18 Å². The summed E-state index contributed by atoms with van der Waals surface area (Å²) in [4.78, 5) is 27.4. The molecule has 0 radical (unpaired) electrons. The van der Waals surface area contributed by atoms with Crippen molar-refractivity contribution in [2.75, 3.05) is 19.6 Å². The standard InChI is InChI=1S/C28H27F3N4O3/c1-18-25(16-38-33-18)20-5-6-24-21(14-20)7-12-35(27(24)37)15-19-3-2-4-22(13-19)26(36)32-23-8-10-34(11-9-23)17-28(29,30)31/h2-7,12-14,16,23H,8-11,15,17H2,1H3,(H,32,36). The average molecular weight is 525 g/mol. The normalized spacial score (nSPS) is 15.2. The molecule has 1 N–H and O–H groups in total. The van der Waals surface area contributed by atoms with E-state index in [2.05, 4.69) is 10.5 Å². The van der Waals surface area contributed by atoms with E-state index >= 15 is 0 Å². The van der Waals surface area contributed by atoms with E-state index in [-0.39, 0.29) is 37.1 Å². The van der Waals surface area contributed by atoms with Gasteiger partial charge in [-0.25, -0.2) is 0 Å². The Balaban J connectivity index is 1.26. The third-order valence-electron chi connectivity index (χ3n) is 6.91. The Labute approximate surface area is 216 Å². The Morgan fingerprint density at radius 3 is 2.63 bits per heavy atom. The minimum atomic E-state index is -4.22. The Morgan fingerprint density at radius 1 is 1.13 bits per heavy atom. The first-order valence-corrected chi connectivity index (χ1v) is 12.4. The van der Waals surface area contributed by atoms with E-state index in [4.69, 9.17) is 4.52 Å². The number of aryl methyl sites for hydroxylation is 1. The third-order valence-corrected chi connectivity index (χ3v) is 6.91. The summed E-state index contributed by atoms with van der Waals surface area (Å²) in [5.74, 6) is -0.275. The molecule has 0 aliphatic carbocycles. The number of carbonyl (C=O) groups is 1. The second-order valence-electron chi connectivity index (χ2n) is 9.70. The van der Waals surface area contributed by atoms with Crippen LogP contribution in [0.3, 0.4) is 0 Å². The van der Waals surface area contributed by atoms with Crippen LogP contribution in [-0.2, 0) is 6.54 Å². The van der Waals surface area contributed by atoms with Crippen molar-refractivity contribution in [2.24, 2.45) is 0 Å². The molecule has 198 valence electrons. The second kappa shape index (κ2) is 10.4. The Hall–Kier alpha value is -3.92. The van der Waals surface area contributed by atoms with Crippen LogP contribution < -0.4 is 10.9 Å². The van der Waals surface area contributed by atoms with Gasteiger partial charge in [-0.1, -0.05) is 23.4 Å². The first kappa shape index (κ1) is 25.7. The largest absolute Gasteiger partial charge is 0.401 e. The van der Waals surface area contributed by atoms with Crippen LogP contribution in [0.4, 0.5) is 13.2 Å². The number of nitrogens with one attached hydrogen (secondary N) is 1. The van der Waals surface area contributed by atoms with Crippen LogP contribution in [-0.4, -0.2) is 52.4 Å². The summed E-state index contributed by atoms with van der Waals surface area (Å²) in [5, 5.41) is 8.23. The Kier molecular flexibility index (Phi) is 7.07. The first-order valence-electron chi connectivity index (χ1n) is 12.4. The molecule has 10 heteroatoms. The molecular formula is C28H27F3N4O3. The zero-order valence-electron chi connectivity index (χ0n) is 20.8. The number of benzene rings is 2. The van der Waals surface area contributed by atoms with Crippen LogP contribution in [0, 0.1) is 6.92 Å². The molecule has 0 saturated carbocycles. The molecule has 3 heterocycles. The van der Waals surface area contributed by atoms with E-state index in [9.17, 15) is 22.8 Å². The van der Waals surface area contributed by atoms with Crippen LogP contribution in [0.2, 0.25) is 0 Å². The molecule has 1 fully saturated rings. The second-order valence-corrected chi connectivity index (χ2v) is 9.70. The molecular weight excluding hydrogens is 497 g/mol. The van der Waals surface area contributed by atoms with E-state index in [1.54, 1.807) is 41.3 Å². The van der Waals surface area contributed by atoms with Gasteiger partial charge < -0.3 is 14.4 Å². The summed E-state index contributed by atoms with van der Waals surface area (Å²) < 4.78 is 44.4. The van der Waals surface area contributed by atoms with Crippen molar-refractivity contribution in [1.82, 2.24) is 19.9 Å². The highest BCUT2D eigenvalue weighted by Gasteiger charge is 2.32. The highest BCUT2D eigenvalue weighted by Crippen LogP contribution is 2.25. The number of aromatic nitrogens is 2. The Bertz CT molecular complexity index is 1520. The fourth-order valence-corrected chi connectivity index (χ4v) is 4.91. The van der Waals surface area contributed by atoms with Crippen LogP contribution in [0.1, 0.15) is 34.5 Å². The fraction of sp³-hybridized carbons (Fsp3) is 0.321. The van der Waals surface area contributed by atoms with E-state index in [0.29, 0.717) is 23.8 Å². The first-order chi connectivity index (χ1) is 18.2. The van der Waals surface area contributed by atoms with E-state index in [1.807, 2.05) is 31.2 Å². The van der Waals surface area contributed by atoms with Crippen molar-refractivity contribution >= 4 is 16.7 Å². The summed E-state index contributed by atoms with van der Waals surface area (Å²) in [6.45, 7) is 1.80. The number of likely N-dealkylation sites (tertiary alicyclic amines) is 1. The molecule has 1 aliphatic rings. The molecule has 0 bridgehead atoms. The van der Waals surface area contributed by atoms with Crippen molar-refractivity contribution in [3.63, 3.8) is 0 Å². The molecule has 1 aliphatic heterocycles. The smallest absolute Gasteiger partial charge is 0.364 e. The maximum Gasteiger partial charge on any atom is 0.401 e. The summed E-state index contributed by atoms with van der Waals surface area (Å²) in [7, 11) is 0. The van der Waals surface area contributed by atoms with Gasteiger partial charge in [-0.05, 0) is 66.6 Å². The number of piperidine rings is 1. The summed E-state index contributed by atoms with van der Waals surface area (Å²) in [5.41, 5.74) is 3.65. The molecule has 0 spiro atoms. The van der Waals surface area contributed by atoms with Gasteiger partial charge in [0.2, 0.25) is 0 Å². The molecule has 5 rings (SSSR count). The number of hydrogen-bond acceptors (Lipinski definition) is 5. The predicted octanol–water partition coefficient (Wildman–Crippen LogP) is 4.77. The highest BCUT2D eigenvalue weighted by molar-refractivity contribution is 5.94. The monoisotopic (exact) mass is 524 g/mol. The van der Waals surface area contributed by atoms with Gasteiger partial charge in [0, 0.05) is 41.8 Å². The predicted molar refractivity (Wildman–Crippen MR) is 137 cm³/mol. The van der Waals surface area contributed by atoms with Crippen molar-refractivity contribution in [3.8, 4) is 11.1 Å². The molecule has 0 atom stereocenters. The van der Waals surface area contributed by atoms with Crippen molar-refractivity contribution in [2.45, 2.75) is 38.5 Å². The maximum absolute atomic E-state index is 13.2. The van der Waals surface area contributed by atoms with Crippen LogP contribution in [0.15, 0.2) is 70.3 Å². The SMILES string of the molecule is Cc1nocc1-c1ccc2c(=O)n(Cc3cccc(C(=O)NC4CCN(CC(F)(F)F)CC4)c3)ccc2c1. The molecule has 7 nitrogen and oxygen atoms in total. The summed E-state index contributed by atoms with van der Waals surface area (Å²) >= 11 is 0. The number of nitrogens with zero attached hydrogens (tertiary/aromatic N) is 3. The van der Waals surface area contributed by atoms with Gasteiger partial charge in [0.15, 0.2) is 0 Å². The van der Waals surface area contributed by atoms with Crippen LogP contribution in [0.5, 0.6) is 0 Å². The number of fused-ring (bicyclic) bond motifs is 1. The van der Waals surface area contributed by atoms with Gasteiger partial charge in [0.05, 0.1) is 18.8 Å². The maximum atomic E-state index is 13.2. The summed E-state index contributed by atoms with van der Waals surface area (Å²) in [6.07, 6.45) is 0.0243. The van der Waals surface area contributed by atoms with E-state index < -0.39 is 12.7 Å². The number of pyridine rings is 1. The number of hydrogen-bond donors (Lipinski definition) is 1. The lowest BCUT2D eigenvalue weighted by atomic mass is 10.0. The minimum absolute atomic E-state index is 0.142. The zero-order chi connectivity index (χ0) is 26.9. The van der Waals surface area contributed by atoms with Crippen LogP contribution in [0.25, 0.3) is 21.9 Å². The van der Waals surface area contributed by atoms with Gasteiger partial charge in [0.25, 0.3) is 11.5 Å². The lowest BCUT2D eigenvalue weighted by Gasteiger charge is -2.32. The van der Waals surface area contributed by atoms with E-state index in [0.717, 1.165) is 27.8 Å². The Morgan fingerprint density at radius 2 is 1.92 bits per heavy atom. The molecule has 0 unspecified atom stereocenters. The number of carbonyl (C=O) groups excluding carboxylic acids is 1. The zero-order valence-corrected chi connectivity index (χ0v) is 20.8. The van der Waals surface area contributed by atoms with Crippen LogP contribution >= 0.6 is 0 Å². The van der Waals surface area contributed by atoms with Gasteiger partial charge in [0.1, 0.15) is 6.26 Å². The number of halogens is 3. The molecule has 2 aromatic carbocycles. The van der Waals surface area contributed by atoms with Crippen molar-refractivity contribution in [1.29, 1.82) is 0 Å². The minimum Gasteiger partial charge on any atom is -0.364 e. The average Bonchev–Trinajstić information content (AvgIpc) is 3.32. The number of rotatable bonds is 6. The van der Waals surface area contributed by atoms with Gasteiger partial charge in [-0.3, -0.25) is 14.5 Å². The van der Waals surface area contributed by atoms with Gasteiger partial charge in [-0.15, -0.1) is 0 Å². The highest BCUT2D eigenvalue weighted by atomic mass is 19.4. The van der Waals surface area contributed by atoms with Crippen molar-refractivity contribution in [3.05, 3.63) is 88.2 Å². The lowest BCUT2D eigenvalue weighted by Crippen LogP contribution is -2.47. The molecule has 38 heavy (non-hydrogen) atoms. The number of amides is 1. The van der Waals surface area contributed by atoms with Crippen molar-refractivity contribution < 1.29 is 22.5 Å². The topological polar surface area (TPSA) is 80.4 Å². The quantitative estimate of drug-likeness (QED) is 0.393. The van der Waals surface area contributed by atoms with Gasteiger partial charge in [-0.2, -0.15) is 13.2 Å². The molecule has 4 aromatic rings. The third kappa shape index (κ3) is 5.80. The summed E-state index contributed by atoms with van der Waals surface area (Å²) in [6, 6.07) is 14.3.